The second-order valence-electron chi connectivity index (χ2n) is 4.30. The molecule has 1 aliphatic carbocycles. The molecule has 1 aliphatic rings. The topological polar surface area (TPSA) is 21.3 Å². The second-order valence-corrected chi connectivity index (χ2v) is 4.92. The Morgan fingerprint density at radius 3 is 2.69 bits per heavy atom. The number of hydrogen-bond acceptors (Lipinski definition) is 2. The fourth-order valence-electron chi connectivity index (χ4n) is 1.88. The van der Waals surface area contributed by atoms with E-state index in [-0.39, 0.29) is 0 Å². The summed E-state index contributed by atoms with van der Waals surface area (Å²) in [5.74, 6) is 1.72. The molecule has 0 aromatic heterocycles. The van der Waals surface area contributed by atoms with Crippen LogP contribution in [0.5, 0.6) is 5.75 Å². The van der Waals surface area contributed by atoms with Crippen molar-refractivity contribution >= 4 is 11.6 Å². The van der Waals surface area contributed by atoms with Crippen molar-refractivity contribution in [3.05, 3.63) is 30.3 Å². The van der Waals surface area contributed by atoms with Gasteiger partial charge in [0, 0.05) is 11.9 Å². The molecule has 0 atom stereocenters. The number of ether oxygens (including phenoxy) is 1. The molecule has 0 amide bonds. The highest BCUT2D eigenvalue weighted by molar-refractivity contribution is 6.21. The third kappa shape index (κ3) is 3.69. The van der Waals surface area contributed by atoms with E-state index in [1.807, 2.05) is 30.3 Å². The van der Waals surface area contributed by atoms with Crippen molar-refractivity contribution in [3.8, 4) is 5.75 Å². The number of para-hydroxylation sites is 1. The van der Waals surface area contributed by atoms with Gasteiger partial charge in [-0.05, 0) is 37.4 Å². The van der Waals surface area contributed by atoms with E-state index < -0.39 is 0 Å². The van der Waals surface area contributed by atoms with Gasteiger partial charge in [-0.2, -0.15) is 0 Å². The highest BCUT2D eigenvalue weighted by Crippen LogP contribution is 2.30. The molecule has 3 heteroatoms. The van der Waals surface area contributed by atoms with Gasteiger partial charge in [0.25, 0.3) is 0 Å². The summed E-state index contributed by atoms with van der Waals surface area (Å²) in [5, 5.41) is 3.82. The van der Waals surface area contributed by atoms with Gasteiger partial charge >= 0.3 is 0 Å². The lowest BCUT2D eigenvalue weighted by molar-refractivity contribution is 0.279. The van der Waals surface area contributed by atoms with Crippen LogP contribution in [0.25, 0.3) is 0 Å². The Bertz CT molecular complexity index is 298. The molecular formula is C13H18ClNO. The Hall–Kier alpha value is -0.730. The zero-order valence-electron chi connectivity index (χ0n) is 9.36. The summed E-state index contributed by atoms with van der Waals surface area (Å²) in [6.45, 7) is 2.70. The van der Waals surface area contributed by atoms with Crippen LogP contribution in [-0.4, -0.2) is 25.1 Å². The summed E-state index contributed by atoms with van der Waals surface area (Å²) in [6, 6.07) is 9.91. The SMILES string of the molecule is ClC1CC(CNCCOc2ccccc2)C1. The van der Waals surface area contributed by atoms with E-state index in [0.29, 0.717) is 5.38 Å². The number of benzene rings is 1. The molecule has 0 aliphatic heterocycles. The molecule has 2 rings (SSSR count). The van der Waals surface area contributed by atoms with E-state index in [1.54, 1.807) is 0 Å². The van der Waals surface area contributed by atoms with Crippen molar-refractivity contribution in [2.45, 2.75) is 18.2 Å². The van der Waals surface area contributed by atoms with Crippen molar-refractivity contribution in [2.75, 3.05) is 19.7 Å². The van der Waals surface area contributed by atoms with E-state index in [2.05, 4.69) is 5.32 Å². The lowest BCUT2D eigenvalue weighted by Gasteiger charge is -2.30. The lowest BCUT2D eigenvalue weighted by Crippen LogP contribution is -2.35. The van der Waals surface area contributed by atoms with E-state index >= 15 is 0 Å². The van der Waals surface area contributed by atoms with Crippen molar-refractivity contribution < 1.29 is 4.74 Å². The van der Waals surface area contributed by atoms with Gasteiger partial charge in [0.15, 0.2) is 0 Å². The van der Waals surface area contributed by atoms with E-state index in [0.717, 1.165) is 44.2 Å². The smallest absolute Gasteiger partial charge is 0.119 e. The maximum absolute atomic E-state index is 5.91. The maximum atomic E-state index is 5.91. The third-order valence-electron chi connectivity index (χ3n) is 2.90. The van der Waals surface area contributed by atoms with Crippen LogP contribution < -0.4 is 10.1 Å². The van der Waals surface area contributed by atoms with Gasteiger partial charge in [-0.3, -0.25) is 0 Å². The molecule has 1 fully saturated rings. The highest BCUT2D eigenvalue weighted by atomic mass is 35.5. The molecule has 1 aromatic carbocycles. The van der Waals surface area contributed by atoms with Crippen LogP contribution in [0, 0.1) is 5.92 Å². The predicted octanol–water partition coefficient (Wildman–Crippen LogP) is 2.67. The summed E-state index contributed by atoms with van der Waals surface area (Å²) < 4.78 is 5.57. The van der Waals surface area contributed by atoms with Crippen LogP contribution in [0.3, 0.4) is 0 Å². The fraction of sp³-hybridized carbons (Fsp3) is 0.538. The van der Waals surface area contributed by atoms with Gasteiger partial charge in [0.05, 0.1) is 0 Å². The molecule has 0 spiro atoms. The molecule has 0 radical (unpaired) electrons. The third-order valence-corrected chi connectivity index (χ3v) is 3.26. The zero-order chi connectivity index (χ0) is 11.2. The van der Waals surface area contributed by atoms with Crippen LogP contribution in [0.4, 0.5) is 0 Å². The minimum Gasteiger partial charge on any atom is -0.492 e. The van der Waals surface area contributed by atoms with Crippen LogP contribution in [0.15, 0.2) is 30.3 Å². The monoisotopic (exact) mass is 239 g/mol. The van der Waals surface area contributed by atoms with Gasteiger partial charge in [-0.25, -0.2) is 0 Å². The van der Waals surface area contributed by atoms with Crippen molar-refractivity contribution in [1.29, 1.82) is 0 Å². The van der Waals surface area contributed by atoms with Crippen molar-refractivity contribution in [1.82, 2.24) is 5.32 Å². The first kappa shape index (κ1) is 11.7. The fourth-order valence-corrected chi connectivity index (χ4v) is 2.39. The quantitative estimate of drug-likeness (QED) is 0.609. The van der Waals surface area contributed by atoms with Crippen molar-refractivity contribution in [2.24, 2.45) is 5.92 Å². The standard InChI is InChI=1S/C13H18ClNO/c14-12-8-11(9-12)10-15-6-7-16-13-4-2-1-3-5-13/h1-5,11-12,15H,6-10H2. The molecule has 16 heavy (non-hydrogen) atoms. The minimum absolute atomic E-state index is 0.423. The number of alkyl halides is 1. The molecule has 1 N–H and O–H groups in total. The van der Waals surface area contributed by atoms with Gasteiger partial charge < -0.3 is 10.1 Å². The van der Waals surface area contributed by atoms with Crippen LogP contribution in [-0.2, 0) is 0 Å². The largest absolute Gasteiger partial charge is 0.492 e. The summed E-state index contributed by atoms with van der Waals surface area (Å²) in [7, 11) is 0. The normalized spacial score (nSPS) is 23.8. The Morgan fingerprint density at radius 1 is 1.25 bits per heavy atom. The van der Waals surface area contributed by atoms with Gasteiger partial charge in [-0.1, -0.05) is 18.2 Å². The molecule has 1 saturated carbocycles. The van der Waals surface area contributed by atoms with Crippen LogP contribution >= 0.6 is 11.6 Å². The molecular weight excluding hydrogens is 222 g/mol. The lowest BCUT2D eigenvalue weighted by atomic mass is 9.85. The number of hydrogen-bond donors (Lipinski definition) is 1. The molecule has 0 bridgehead atoms. The summed E-state index contributed by atoms with van der Waals surface area (Å²) >= 11 is 5.91. The Labute approximate surface area is 102 Å². The number of rotatable bonds is 6. The molecule has 2 nitrogen and oxygen atoms in total. The molecule has 0 heterocycles. The van der Waals surface area contributed by atoms with Crippen molar-refractivity contribution in [3.63, 3.8) is 0 Å². The van der Waals surface area contributed by atoms with E-state index in [4.69, 9.17) is 16.3 Å². The number of halogens is 1. The van der Waals surface area contributed by atoms with Gasteiger partial charge in [-0.15, -0.1) is 11.6 Å². The first-order valence-corrected chi connectivity index (χ1v) is 6.31. The van der Waals surface area contributed by atoms with Crippen LogP contribution in [0.1, 0.15) is 12.8 Å². The van der Waals surface area contributed by atoms with E-state index in [1.165, 1.54) is 0 Å². The summed E-state index contributed by atoms with van der Waals surface area (Å²) in [4.78, 5) is 0. The van der Waals surface area contributed by atoms with Gasteiger partial charge in [0.1, 0.15) is 12.4 Å². The molecule has 1 aromatic rings. The Kier molecular flexibility index (Phi) is 4.49. The highest BCUT2D eigenvalue weighted by Gasteiger charge is 2.26. The zero-order valence-corrected chi connectivity index (χ0v) is 10.1. The Balaban J connectivity index is 1.49. The average molecular weight is 240 g/mol. The molecule has 0 unspecified atom stereocenters. The minimum atomic E-state index is 0.423. The average Bonchev–Trinajstić information content (AvgIpc) is 2.27. The predicted molar refractivity (Wildman–Crippen MR) is 67.2 cm³/mol. The Morgan fingerprint density at radius 2 is 2.00 bits per heavy atom. The summed E-state index contributed by atoms with van der Waals surface area (Å²) in [5.41, 5.74) is 0. The summed E-state index contributed by atoms with van der Waals surface area (Å²) in [6.07, 6.45) is 2.32. The first-order chi connectivity index (χ1) is 7.84. The van der Waals surface area contributed by atoms with E-state index in [9.17, 15) is 0 Å². The van der Waals surface area contributed by atoms with Gasteiger partial charge in [0.2, 0.25) is 0 Å². The second kappa shape index (κ2) is 6.12. The molecule has 0 saturated heterocycles. The molecule has 88 valence electrons. The number of nitrogens with one attached hydrogen (secondary N) is 1. The maximum Gasteiger partial charge on any atom is 0.119 e. The first-order valence-electron chi connectivity index (χ1n) is 5.87. The van der Waals surface area contributed by atoms with Crippen LogP contribution in [0.2, 0.25) is 0 Å².